The molecular formula is C12H22N2O. The normalized spacial score (nSPS) is 40.4. The van der Waals surface area contributed by atoms with Gasteiger partial charge in [0.15, 0.2) is 0 Å². The molecular weight excluding hydrogens is 188 g/mol. The summed E-state index contributed by atoms with van der Waals surface area (Å²) in [5.41, 5.74) is 6.49. The minimum absolute atomic E-state index is 0.171. The van der Waals surface area contributed by atoms with Gasteiger partial charge in [-0.15, -0.1) is 0 Å². The maximum absolute atomic E-state index is 6.32. The number of hydrogen-bond donors (Lipinski definition) is 1. The Morgan fingerprint density at radius 1 is 1.27 bits per heavy atom. The second kappa shape index (κ2) is 3.44. The number of hydrogen-bond acceptors (Lipinski definition) is 3. The molecule has 3 aliphatic rings. The van der Waals surface area contributed by atoms with Crippen molar-refractivity contribution >= 4 is 0 Å². The molecule has 3 nitrogen and oxygen atoms in total. The van der Waals surface area contributed by atoms with E-state index in [0.29, 0.717) is 12.2 Å². The molecule has 2 heterocycles. The van der Waals surface area contributed by atoms with Gasteiger partial charge in [0, 0.05) is 25.2 Å². The van der Waals surface area contributed by atoms with Gasteiger partial charge in [-0.2, -0.15) is 0 Å². The highest BCUT2D eigenvalue weighted by molar-refractivity contribution is 5.09. The smallest absolute Gasteiger partial charge is 0.0706 e. The molecule has 1 saturated carbocycles. The molecule has 0 spiro atoms. The van der Waals surface area contributed by atoms with Gasteiger partial charge in [-0.3, -0.25) is 4.90 Å². The Hall–Kier alpha value is -0.120. The summed E-state index contributed by atoms with van der Waals surface area (Å²) in [5, 5.41) is 0. The van der Waals surface area contributed by atoms with Crippen LogP contribution in [0, 0.1) is 5.92 Å². The molecule has 15 heavy (non-hydrogen) atoms. The molecule has 2 atom stereocenters. The Kier molecular flexibility index (Phi) is 2.31. The van der Waals surface area contributed by atoms with Gasteiger partial charge in [0.25, 0.3) is 0 Å². The van der Waals surface area contributed by atoms with Crippen molar-refractivity contribution in [2.75, 3.05) is 19.6 Å². The van der Waals surface area contributed by atoms with Crippen molar-refractivity contribution in [2.24, 2.45) is 11.7 Å². The molecule has 0 aromatic rings. The van der Waals surface area contributed by atoms with Crippen LogP contribution in [0.4, 0.5) is 0 Å². The number of likely N-dealkylation sites (tertiary alicyclic amines) is 1. The van der Waals surface area contributed by atoms with Crippen LogP contribution in [0.25, 0.3) is 0 Å². The highest BCUT2D eigenvalue weighted by Gasteiger charge is 2.50. The number of nitrogens with zero attached hydrogens (tertiary/aromatic N) is 1. The van der Waals surface area contributed by atoms with Crippen LogP contribution in [0.2, 0.25) is 0 Å². The summed E-state index contributed by atoms with van der Waals surface area (Å²) in [5.74, 6) is 0.831. The molecule has 86 valence electrons. The first-order valence-electron chi connectivity index (χ1n) is 6.32. The van der Waals surface area contributed by atoms with Gasteiger partial charge in [0.1, 0.15) is 0 Å². The lowest BCUT2D eigenvalue weighted by Crippen LogP contribution is -2.69. The lowest BCUT2D eigenvalue weighted by molar-refractivity contribution is -0.0148. The topological polar surface area (TPSA) is 38.5 Å². The van der Waals surface area contributed by atoms with Crippen LogP contribution in [-0.2, 0) is 4.74 Å². The molecule has 3 fully saturated rings. The molecule has 3 heteroatoms. The predicted molar refractivity (Wildman–Crippen MR) is 59.7 cm³/mol. The first-order valence-corrected chi connectivity index (χ1v) is 6.32. The van der Waals surface area contributed by atoms with E-state index in [1.807, 2.05) is 0 Å². The summed E-state index contributed by atoms with van der Waals surface area (Å²) in [6.07, 6.45) is 6.14. The van der Waals surface area contributed by atoms with Gasteiger partial charge in [-0.25, -0.2) is 0 Å². The van der Waals surface area contributed by atoms with E-state index in [4.69, 9.17) is 10.5 Å². The summed E-state index contributed by atoms with van der Waals surface area (Å²) in [4.78, 5) is 2.47. The van der Waals surface area contributed by atoms with E-state index in [9.17, 15) is 0 Å². The summed E-state index contributed by atoms with van der Waals surface area (Å²) in [7, 11) is 0. The van der Waals surface area contributed by atoms with E-state index in [0.717, 1.165) is 25.6 Å². The summed E-state index contributed by atoms with van der Waals surface area (Å²) in [6, 6.07) is 0. The highest BCUT2D eigenvalue weighted by atomic mass is 16.5. The second-order valence-corrected chi connectivity index (χ2v) is 5.82. The first kappa shape index (κ1) is 10.1. The van der Waals surface area contributed by atoms with E-state index in [1.165, 1.54) is 25.7 Å². The molecule has 2 unspecified atom stereocenters. The highest BCUT2D eigenvalue weighted by Crippen LogP contribution is 2.43. The van der Waals surface area contributed by atoms with Crippen LogP contribution in [0.3, 0.4) is 0 Å². The van der Waals surface area contributed by atoms with Crippen LogP contribution in [-0.4, -0.2) is 42.3 Å². The van der Waals surface area contributed by atoms with Gasteiger partial charge in [0.05, 0.1) is 12.2 Å². The van der Waals surface area contributed by atoms with E-state index in [2.05, 4.69) is 11.8 Å². The SMILES string of the molecule is CC1CCC(CN2CC(N)(C3CC3)C2)O1. The van der Waals surface area contributed by atoms with E-state index < -0.39 is 0 Å². The summed E-state index contributed by atoms with van der Waals surface area (Å²) in [6.45, 7) is 5.49. The van der Waals surface area contributed by atoms with Crippen molar-refractivity contribution < 1.29 is 4.74 Å². The zero-order valence-electron chi connectivity index (χ0n) is 9.61. The predicted octanol–water partition coefficient (Wildman–Crippen LogP) is 0.977. The number of nitrogens with two attached hydrogens (primary N) is 1. The molecule has 2 saturated heterocycles. The van der Waals surface area contributed by atoms with E-state index >= 15 is 0 Å². The van der Waals surface area contributed by atoms with Crippen molar-refractivity contribution in [1.82, 2.24) is 4.90 Å². The van der Waals surface area contributed by atoms with Crippen LogP contribution in [0.1, 0.15) is 32.6 Å². The standard InChI is InChI=1S/C12H22N2O/c1-9-2-5-11(15-9)6-14-7-12(13,8-14)10-3-4-10/h9-11H,2-8,13H2,1H3. The molecule has 0 radical (unpaired) electrons. The number of ether oxygens (including phenoxy) is 1. The monoisotopic (exact) mass is 210 g/mol. The average Bonchev–Trinajstić information content (AvgIpc) is 2.90. The third-order valence-corrected chi connectivity index (χ3v) is 4.21. The van der Waals surface area contributed by atoms with Gasteiger partial charge < -0.3 is 10.5 Å². The minimum atomic E-state index is 0.171. The zero-order chi connectivity index (χ0) is 10.5. The quantitative estimate of drug-likeness (QED) is 0.754. The molecule has 0 aromatic heterocycles. The Morgan fingerprint density at radius 3 is 2.53 bits per heavy atom. The van der Waals surface area contributed by atoms with Gasteiger partial charge >= 0.3 is 0 Å². The molecule has 0 bridgehead atoms. The van der Waals surface area contributed by atoms with E-state index in [1.54, 1.807) is 0 Å². The van der Waals surface area contributed by atoms with Crippen LogP contribution in [0.15, 0.2) is 0 Å². The molecule has 0 aromatic carbocycles. The van der Waals surface area contributed by atoms with Crippen molar-refractivity contribution in [3.63, 3.8) is 0 Å². The fourth-order valence-electron chi connectivity index (χ4n) is 3.14. The van der Waals surface area contributed by atoms with Gasteiger partial charge in [-0.05, 0) is 38.5 Å². The zero-order valence-corrected chi connectivity index (χ0v) is 9.61. The largest absolute Gasteiger partial charge is 0.374 e. The van der Waals surface area contributed by atoms with Gasteiger partial charge in [-0.1, -0.05) is 0 Å². The third kappa shape index (κ3) is 1.93. The van der Waals surface area contributed by atoms with Crippen molar-refractivity contribution in [3.8, 4) is 0 Å². The Bertz CT molecular complexity index is 246. The van der Waals surface area contributed by atoms with Crippen molar-refractivity contribution in [2.45, 2.75) is 50.4 Å². The Balaban J connectivity index is 1.43. The average molecular weight is 210 g/mol. The molecule has 3 rings (SSSR count). The molecule has 1 aliphatic carbocycles. The lowest BCUT2D eigenvalue weighted by atomic mass is 9.85. The molecule has 0 amide bonds. The lowest BCUT2D eigenvalue weighted by Gasteiger charge is -2.49. The summed E-state index contributed by atoms with van der Waals surface area (Å²) >= 11 is 0. The Morgan fingerprint density at radius 2 is 2.00 bits per heavy atom. The Labute approximate surface area is 91.9 Å². The fraction of sp³-hybridized carbons (Fsp3) is 1.00. The van der Waals surface area contributed by atoms with Crippen LogP contribution in [0.5, 0.6) is 0 Å². The summed E-state index contributed by atoms with van der Waals surface area (Å²) < 4.78 is 5.83. The molecule has 2 N–H and O–H groups in total. The van der Waals surface area contributed by atoms with Crippen LogP contribution < -0.4 is 5.73 Å². The van der Waals surface area contributed by atoms with Gasteiger partial charge in [0.2, 0.25) is 0 Å². The molecule has 2 aliphatic heterocycles. The third-order valence-electron chi connectivity index (χ3n) is 4.21. The number of rotatable bonds is 3. The van der Waals surface area contributed by atoms with Crippen molar-refractivity contribution in [3.05, 3.63) is 0 Å². The fourth-order valence-corrected chi connectivity index (χ4v) is 3.14. The maximum Gasteiger partial charge on any atom is 0.0706 e. The van der Waals surface area contributed by atoms with E-state index in [-0.39, 0.29) is 5.54 Å². The first-order chi connectivity index (χ1) is 7.16. The maximum atomic E-state index is 6.32. The second-order valence-electron chi connectivity index (χ2n) is 5.82. The van der Waals surface area contributed by atoms with Crippen molar-refractivity contribution in [1.29, 1.82) is 0 Å². The minimum Gasteiger partial charge on any atom is -0.374 e. The van der Waals surface area contributed by atoms with Crippen LogP contribution >= 0.6 is 0 Å².